The van der Waals surface area contributed by atoms with Crippen molar-refractivity contribution in [1.82, 2.24) is 20.2 Å². The van der Waals surface area contributed by atoms with E-state index in [1.807, 2.05) is 36.5 Å². The van der Waals surface area contributed by atoms with Crippen LogP contribution in [0, 0.1) is 0 Å². The number of aryl methyl sites for hydroxylation is 2. The van der Waals surface area contributed by atoms with Crippen LogP contribution in [0.3, 0.4) is 0 Å². The third kappa shape index (κ3) is 4.17. The highest BCUT2D eigenvalue weighted by molar-refractivity contribution is 9.10. The molecule has 1 aliphatic rings. The number of aromatic amines is 1. The van der Waals surface area contributed by atoms with E-state index in [-0.39, 0.29) is 12.4 Å². The molecule has 3 heterocycles. The summed E-state index contributed by atoms with van der Waals surface area (Å²) >= 11 is 3.41. The third-order valence-electron chi connectivity index (χ3n) is 7.20. The Kier molecular flexibility index (Phi) is 5.76. The number of halogens is 1. The van der Waals surface area contributed by atoms with E-state index in [9.17, 15) is 14.7 Å². The molecular formula is C29H25BrN4O3. The zero-order valence-electron chi connectivity index (χ0n) is 19.9. The van der Waals surface area contributed by atoms with E-state index in [2.05, 4.69) is 62.0 Å². The average molecular weight is 557 g/mol. The number of hydrogen-bond donors (Lipinski definition) is 4. The summed E-state index contributed by atoms with van der Waals surface area (Å²) in [4.78, 5) is 28.4. The van der Waals surface area contributed by atoms with Crippen molar-refractivity contribution in [2.75, 3.05) is 0 Å². The monoisotopic (exact) mass is 556 g/mol. The molecule has 3 aromatic carbocycles. The van der Waals surface area contributed by atoms with Gasteiger partial charge < -0.3 is 20.0 Å². The molecule has 4 N–H and O–H groups in total. The van der Waals surface area contributed by atoms with Gasteiger partial charge >= 0.3 is 6.03 Å². The lowest BCUT2D eigenvalue weighted by Gasteiger charge is -2.27. The van der Waals surface area contributed by atoms with Crippen LogP contribution in [-0.4, -0.2) is 26.6 Å². The summed E-state index contributed by atoms with van der Waals surface area (Å²) in [6.45, 7) is 0.0582. The third-order valence-corrected chi connectivity index (χ3v) is 7.73. The van der Waals surface area contributed by atoms with Gasteiger partial charge in [0.2, 0.25) is 0 Å². The summed E-state index contributed by atoms with van der Waals surface area (Å²) in [5.74, 6) is -0.388. The SMILES string of the molecule is O=C1NC(=O)C(Cn2cc3cc(CCCc4c[nH]c5ccccc45)ccc3c2O)(c2ccc(Br)cc2)N1. The lowest BCUT2D eigenvalue weighted by molar-refractivity contribution is -0.124. The predicted molar refractivity (Wildman–Crippen MR) is 146 cm³/mol. The van der Waals surface area contributed by atoms with Crippen LogP contribution < -0.4 is 10.6 Å². The number of fused-ring (bicyclic) bond motifs is 2. The highest BCUT2D eigenvalue weighted by Crippen LogP contribution is 2.34. The number of nitrogens with zero attached hydrogens (tertiary/aromatic N) is 1. The number of carbonyl (C=O) groups excluding carboxylic acids is 2. The number of imide groups is 1. The number of aromatic nitrogens is 2. The molecule has 1 unspecified atom stereocenters. The van der Waals surface area contributed by atoms with Crippen LogP contribution in [0.25, 0.3) is 21.7 Å². The number of H-pyrrole nitrogens is 1. The number of para-hydroxylation sites is 1. The van der Waals surface area contributed by atoms with Crippen LogP contribution >= 0.6 is 15.9 Å². The van der Waals surface area contributed by atoms with Gasteiger partial charge in [-0.25, -0.2) is 4.79 Å². The summed E-state index contributed by atoms with van der Waals surface area (Å²) in [7, 11) is 0. The topological polar surface area (TPSA) is 99.2 Å². The second-order valence-corrected chi connectivity index (χ2v) is 10.5. The molecule has 1 atom stereocenters. The van der Waals surface area contributed by atoms with E-state index in [1.165, 1.54) is 16.5 Å². The second-order valence-electron chi connectivity index (χ2n) is 9.54. The zero-order valence-corrected chi connectivity index (χ0v) is 21.5. The standard InChI is InChI=1S/C29H25BrN4O3/c30-22-11-9-21(10-12-22)29(27(36)32-28(37)33-29)17-34-16-20-14-18(8-13-24(20)26(34)35)4-3-5-19-15-31-25-7-2-1-6-23(19)25/h1-2,6-16,31,35H,3-5,17H2,(H2,32,33,36,37). The summed E-state index contributed by atoms with van der Waals surface area (Å²) in [6, 6.07) is 21.0. The molecule has 0 aliphatic carbocycles. The summed E-state index contributed by atoms with van der Waals surface area (Å²) in [5, 5.41) is 19.0. The lowest BCUT2D eigenvalue weighted by Crippen LogP contribution is -2.47. The molecule has 37 heavy (non-hydrogen) atoms. The molecule has 2 aromatic heterocycles. The Morgan fingerprint density at radius 1 is 0.946 bits per heavy atom. The highest BCUT2D eigenvalue weighted by Gasteiger charge is 2.48. The zero-order chi connectivity index (χ0) is 25.6. The molecule has 0 bridgehead atoms. The Balaban J connectivity index is 1.24. The van der Waals surface area contributed by atoms with Crippen LogP contribution in [0.2, 0.25) is 0 Å². The first-order valence-electron chi connectivity index (χ1n) is 12.2. The van der Waals surface area contributed by atoms with Crippen LogP contribution in [0.1, 0.15) is 23.1 Å². The number of benzene rings is 3. The summed E-state index contributed by atoms with van der Waals surface area (Å²) in [6.07, 6.45) is 6.80. The van der Waals surface area contributed by atoms with Gasteiger partial charge in [-0.1, -0.05) is 52.3 Å². The maximum atomic E-state index is 13.0. The van der Waals surface area contributed by atoms with Crippen molar-refractivity contribution in [3.8, 4) is 5.88 Å². The van der Waals surface area contributed by atoms with E-state index in [1.54, 1.807) is 16.7 Å². The van der Waals surface area contributed by atoms with Crippen molar-refractivity contribution in [1.29, 1.82) is 0 Å². The maximum Gasteiger partial charge on any atom is 0.322 e. The first kappa shape index (κ1) is 23.4. The molecule has 0 radical (unpaired) electrons. The van der Waals surface area contributed by atoms with Crippen molar-refractivity contribution in [3.05, 3.63) is 100 Å². The van der Waals surface area contributed by atoms with Gasteiger partial charge in [-0.3, -0.25) is 10.1 Å². The minimum absolute atomic E-state index is 0.0582. The first-order valence-corrected chi connectivity index (χ1v) is 13.0. The Morgan fingerprint density at radius 3 is 2.54 bits per heavy atom. The van der Waals surface area contributed by atoms with Crippen molar-refractivity contribution in [2.24, 2.45) is 0 Å². The van der Waals surface area contributed by atoms with Gasteiger partial charge in [-0.2, -0.15) is 0 Å². The maximum absolute atomic E-state index is 13.0. The predicted octanol–water partition coefficient (Wildman–Crippen LogP) is 5.50. The number of aromatic hydroxyl groups is 1. The Bertz CT molecular complexity index is 1650. The molecule has 5 aromatic rings. The molecule has 0 saturated carbocycles. The first-order chi connectivity index (χ1) is 17.9. The molecule has 0 spiro atoms. The van der Waals surface area contributed by atoms with E-state index in [4.69, 9.17) is 0 Å². The lowest BCUT2D eigenvalue weighted by atomic mass is 9.90. The van der Waals surface area contributed by atoms with Gasteiger partial charge in [0.25, 0.3) is 5.91 Å². The summed E-state index contributed by atoms with van der Waals surface area (Å²) < 4.78 is 2.50. The average Bonchev–Trinajstić information content (AvgIpc) is 3.53. The van der Waals surface area contributed by atoms with Gasteiger partial charge in [0.15, 0.2) is 11.4 Å². The number of carbonyl (C=O) groups is 2. The number of nitrogens with one attached hydrogen (secondary N) is 3. The van der Waals surface area contributed by atoms with Gasteiger partial charge in [0.1, 0.15) is 0 Å². The van der Waals surface area contributed by atoms with Gasteiger partial charge in [-0.05, 0) is 66.3 Å². The van der Waals surface area contributed by atoms with Crippen molar-refractivity contribution in [3.63, 3.8) is 0 Å². The molecule has 186 valence electrons. The number of urea groups is 1. The van der Waals surface area contributed by atoms with Crippen molar-refractivity contribution >= 4 is 49.5 Å². The number of amides is 3. The normalized spacial score (nSPS) is 17.4. The van der Waals surface area contributed by atoms with Gasteiger partial charge in [0.05, 0.1) is 6.54 Å². The minimum atomic E-state index is -1.33. The molecular weight excluding hydrogens is 532 g/mol. The fraction of sp³-hybridized carbons (Fsp3) is 0.172. The van der Waals surface area contributed by atoms with Gasteiger partial charge in [-0.15, -0.1) is 0 Å². The molecule has 6 rings (SSSR count). The van der Waals surface area contributed by atoms with Gasteiger partial charge in [0, 0.05) is 38.5 Å². The molecule has 3 amide bonds. The fourth-order valence-corrected chi connectivity index (χ4v) is 5.56. The molecule has 8 heteroatoms. The van der Waals surface area contributed by atoms with E-state index < -0.39 is 17.5 Å². The summed E-state index contributed by atoms with van der Waals surface area (Å²) in [5.41, 5.74) is 2.96. The van der Waals surface area contributed by atoms with Crippen molar-refractivity contribution < 1.29 is 14.7 Å². The smallest absolute Gasteiger partial charge is 0.322 e. The van der Waals surface area contributed by atoms with Crippen LogP contribution in [-0.2, 0) is 29.7 Å². The highest BCUT2D eigenvalue weighted by atomic mass is 79.9. The largest absolute Gasteiger partial charge is 0.494 e. The van der Waals surface area contributed by atoms with Crippen LogP contribution in [0.4, 0.5) is 4.79 Å². The van der Waals surface area contributed by atoms with Crippen molar-refractivity contribution in [2.45, 2.75) is 31.3 Å². The molecule has 1 aliphatic heterocycles. The Morgan fingerprint density at radius 2 is 1.76 bits per heavy atom. The fourth-order valence-electron chi connectivity index (χ4n) is 5.29. The van der Waals surface area contributed by atoms with Crippen LogP contribution in [0.15, 0.2) is 83.6 Å². The Labute approximate surface area is 221 Å². The molecule has 7 nitrogen and oxygen atoms in total. The quantitative estimate of drug-likeness (QED) is 0.199. The number of hydrogen-bond acceptors (Lipinski definition) is 3. The Hall–Kier alpha value is -4.04. The van der Waals surface area contributed by atoms with E-state index in [0.29, 0.717) is 10.9 Å². The molecule has 1 saturated heterocycles. The minimum Gasteiger partial charge on any atom is -0.494 e. The molecule has 1 fully saturated rings. The number of rotatable bonds is 7. The van der Waals surface area contributed by atoms with E-state index in [0.717, 1.165) is 34.6 Å². The van der Waals surface area contributed by atoms with Crippen LogP contribution in [0.5, 0.6) is 5.88 Å². The second kappa shape index (κ2) is 9.12. The van der Waals surface area contributed by atoms with E-state index >= 15 is 0 Å².